The van der Waals surface area contributed by atoms with Gasteiger partial charge in [0.05, 0.1) is 19.6 Å². The van der Waals surface area contributed by atoms with Gasteiger partial charge in [0, 0.05) is 19.5 Å². The minimum absolute atomic E-state index is 0.0550. The number of benzene rings is 1. The molecule has 0 bridgehead atoms. The molecule has 5 nitrogen and oxygen atoms in total. The van der Waals surface area contributed by atoms with E-state index in [2.05, 4.69) is 0 Å². The van der Waals surface area contributed by atoms with Crippen LogP contribution in [0, 0.1) is 5.92 Å². The van der Waals surface area contributed by atoms with Gasteiger partial charge in [-0.25, -0.2) is 0 Å². The summed E-state index contributed by atoms with van der Waals surface area (Å²) >= 11 is 0. The molecule has 0 N–H and O–H groups in total. The van der Waals surface area contributed by atoms with Crippen LogP contribution in [0.2, 0.25) is 0 Å². The second-order valence-electron chi connectivity index (χ2n) is 5.76. The van der Waals surface area contributed by atoms with E-state index < -0.39 is 0 Å². The summed E-state index contributed by atoms with van der Waals surface area (Å²) in [6, 6.07) is 7.79. The van der Waals surface area contributed by atoms with Crippen LogP contribution >= 0.6 is 0 Å². The molecule has 1 aromatic rings. The van der Waals surface area contributed by atoms with E-state index in [4.69, 9.17) is 9.47 Å². The van der Waals surface area contributed by atoms with Gasteiger partial charge in [0.15, 0.2) is 0 Å². The van der Waals surface area contributed by atoms with Crippen molar-refractivity contribution in [2.75, 3.05) is 26.8 Å². The topological polar surface area (TPSA) is 55.8 Å². The van der Waals surface area contributed by atoms with Crippen molar-refractivity contribution in [3.05, 3.63) is 29.8 Å². The highest BCUT2D eigenvalue weighted by Gasteiger charge is 2.27. The van der Waals surface area contributed by atoms with Gasteiger partial charge in [0.2, 0.25) is 5.91 Å². The molecular formula is C18H25NO4. The van der Waals surface area contributed by atoms with E-state index in [1.807, 2.05) is 36.1 Å². The molecule has 1 amide bonds. The van der Waals surface area contributed by atoms with Gasteiger partial charge < -0.3 is 14.4 Å². The lowest BCUT2D eigenvalue weighted by Crippen LogP contribution is -2.40. The first-order chi connectivity index (χ1) is 11.1. The van der Waals surface area contributed by atoms with E-state index in [1.54, 1.807) is 7.11 Å². The van der Waals surface area contributed by atoms with Crippen molar-refractivity contribution >= 4 is 11.9 Å². The zero-order valence-electron chi connectivity index (χ0n) is 13.9. The van der Waals surface area contributed by atoms with Crippen molar-refractivity contribution in [2.45, 2.75) is 32.6 Å². The van der Waals surface area contributed by atoms with Gasteiger partial charge in [0.25, 0.3) is 0 Å². The Morgan fingerprint density at radius 2 is 1.83 bits per heavy atom. The van der Waals surface area contributed by atoms with Crippen LogP contribution in [0.5, 0.6) is 5.75 Å². The highest BCUT2D eigenvalue weighted by atomic mass is 16.5. The lowest BCUT2D eigenvalue weighted by atomic mass is 9.96. The number of rotatable bonds is 6. The van der Waals surface area contributed by atoms with Crippen molar-refractivity contribution in [1.82, 2.24) is 4.90 Å². The van der Waals surface area contributed by atoms with Gasteiger partial charge in [-0.05, 0) is 43.9 Å². The fourth-order valence-electron chi connectivity index (χ4n) is 2.83. The number of carbonyl (C=O) groups excluding carboxylic acids is 2. The maximum Gasteiger partial charge on any atom is 0.309 e. The van der Waals surface area contributed by atoms with E-state index in [9.17, 15) is 9.59 Å². The predicted octanol–water partition coefficient (Wildman–Crippen LogP) is 2.43. The molecule has 126 valence electrons. The highest BCUT2D eigenvalue weighted by Crippen LogP contribution is 2.20. The summed E-state index contributed by atoms with van der Waals surface area (Å²) in [5.74, 6) is 0.794. The highest BCUT2D eigenvalue weighted by molar-refractivity contribution is 5.77. The first-order valence-electron chi connectivity index (χ1n) is 8.21. The Morgan fingerprint density at radius 3 is 2.39 bits per heavy atom. The molecule has 2 rings (SSSR count). The Balaban J connectivity index is 1.75. The van der Waals surface area contributed by atoms with Crippen molar-refractivity contribution in [3.63, 3.8) is 0 Å². The van der Waals surface area contributed by atoms with Crippen LogP contribution in [0.1, 0.15) is 31.7 Å². The molecule has 1 aliphatic heterocycles. The van der Waals surface area contributed by atoms with Gasteiger partial charge >= 0.3 is 5.97 Å². The molecular weight excluding hydrogens is 294 g/mol. The zero-order chi connectivity index (χ0) is 16.7. The molecule has 0 atom stereocenters. The fraction of sp³-hybridized carbons (Fsp3) is 0.556. The average Bonchev–Trinajstić information content (AvgIpc) is 2.60. The second-order valence-corrected chi connectivity index (χ2v) is 5.76. The average molecular weight is 319 g/mol. The summed E-state index contributed by atoms with van der Waals surface area (Å²) < 4.78 is 10.2. The number of esters is 1. The van der Waals surface area contributed by atoms with Crippen molar-refractivity contribution in [2.24, 2.45) is 5.92 Å². The van der Waals surface area contributed by atoms with Crippen LogP contribution in [0.25, 0.3) is 0 Å². The third-order valence-corrected chi connectivity index (χ3v) is 4.25. The molecule has 0 spiro atoms. The van der Waals surface area contributed by atoms with Crippen LogP contribution in [-0.4, -0.2) is 43.6 Å². The number of amides is 1. The molecule has 23 heavy (non-hydrogen) atoms. The van der Waals surface area contributed by atoms with Gasteiger partial charge in [-0.15, -0.1) is 0 Å². The minimum Gasteiger partial charge on any atom is -0.497 e. The number of hydrogen-bond donors (Lipinski definition) is 0. The summed E-state index contributed by atoms with van der Waals surface area (Å²) in [7, 11) is 1.64. The number of likely N-dealkylation sites (tertiary alicyclic amines) is 1. The summed E-state index contributed by atoms with van der Waals surface area (Å²) in [6.07, 6.45) is 2.62. The maximum absolute atomic E-state index is 12.3. The largest absolute Gasteiger partial charge is 0.497 e. The van der Waals surface area contributed by atoms with Crippen molar-refractivity contribution < 1.29 is 19.1 Å². The Morgan fingerprint density at radius 1 is 1.17 bits per heavy atom. The Hall–Kier alpha value is -2.04. The molecule has 0 aliphatic carbocycles. The number of carbonyl (C=O) groups is 2. The molecule has 1 saturated heterocycles. The van der Waals surface area contributed by atoms with Gasteiger partial charge in [-0.2, -0.15) is 0 Å². The Labute approximate surface area is 137 Å². The molecule has 5 heteroatoms. The van der Waals surface area contributed by atoms with E-state index in [1.165, 1.54) is 0 Å². The Kier molecular flexibility index (Phi) is 6.44. The third-order valence-electron chi connectivity index (χ3n) is 4.25. The van der Waals surface area contributed by atoms with Crippen LogP contribution in [0.3, 0.4) is 0 Å². The van der Waals surface area contributed by atoms with Crippen LogP contribution in [-0.2, 0) is 20.7 Å². The standard InChI is InChI=1S/C18H25NO4/c1-3-23-18(21)15-10-12-19(13-11-15)17(20)9-6-14-4-7-16(22-2)8-5-14/h4-5,7-8,15H,3,6,9-13H2,1-2H3. The zero-order valence-corrected chi connectivity index (χ0v) is 13.9. The molecule has 0 saturated carbocycles. The Bertz CT molecular complexity index is 518. The molecule has 0 aromatic heterocycles. The van der Waals surface area contributed by atoms with E-state index in [0.717, 1.165) is 17.7 Å². The SMILES string of the molecule is CCOC(=O)C1CCN(C(=O)CCc2ccc(OC)cc2)CC1. The number of aryl methyl sites for hydroxylation is 1. The second kappa shape index (κ2) is 8.56. The van der Waals surface area contributed by atoms with Crippen LogP contribution in [0.15, 0.2) is 24.3 Å². The normalized spacial score (nSPS) is 15.3. The van der Waals surface area contributed by atoms with Crippen molar-refractivity contribution in [1.29, 1.82) is 0 Å². The predicted molar refractivity (Wildman–Crippen MR) is 87.3 cm³/mol. The van der Waals surface area contributed by atoms with E-state index in [0.29, 0.717) is 39.0 Å². The maximum atomic E-state index is 12.3. The fourth-order valence-corrected chi connectivity index (χ4v) is 2.83. The molecule has 0 radical (unpaired) electrons. The smallest absolute Gasteiger partial charge is 0.309 e. The lowest BCUT2D eigenvalue weighted by molar-refractivity contribution is -0.151. The van der Waals surface area contributed by atoms with Crippen molar-refractivity contribution in [3.8, 4) is 5.75 Å². The van der Waals surface area contributed by atoms with Gasteiger partial charge in [-0.3, -0.25) is 9.59 Å². The number of piperidine rings is 1. The third kappa shape index (κ3) is 4.98. The lowest BCUT2D eigenvalue weighted by Gasteiger charge is -2.31. The molecule has 1 aromatic carbocycles. The number of methoxy groups -OCH3 is 1. The molecule has 0 unspecified atom stereocenters. The summed E-state index contributed by atoms with van der Waals surface area (Å²) in [5.41, 5.74) is 1.13. The summed E-state index contributed by atoms with van der Waals surface area (Å²) in [4.78, 5) is 25.8. The molecule has 1 fully saturated rings. The molecule has 1 heterocycles. The van der Waals surface area contributed by atoms with Crippen LogP contribution < -0.4 is 4.74 Å². The quantitative estimate of drug-likeness (QED) is 0.756. The number of hydrogen-bond acceptors (Lipinski definition) is 4. The number of nitrogens with zero attached hydrogens (tertiary/aromatic N) is 1. The van der Waals surface area contributed by atoms with E-state index >= 15 is 0 Å². The minimum atomic E-state index is -0.127. The summed E-state index contributed by atoms with van der Waals surface area (Å²) in [6.45, 7) is 3.52. The molecule has 1 aliphatic rings. The van der Waals surface area contributed by atoms with E-state index in [-0.39, 0.29) is 17.8 Å². The van der Waals surface area contributed by atoms with Gasteiger partial charge in [0.1, 0.15) is 5.75 Å². The summed E-state index contributed by atoms with van der Waals surface area (Å²) in [5, 5.41) is 0. The first kappa shape index (κ1) is 17.3. The van der Waals surface area contributed by atoms with Gasteiger partial charge in [-0.1, -0.05) is 12.1 Å². The number of ether oxygens (including phenoxy) is 2. The monoisotopic (exact) mass is 319 g/mol. The first-order valence-corrected chi connectivity index (χ1v) is 8.21. The van der Waals surface area contributed by atoms with Crippen LogP contribution in [0.4, 0.5) is 0 Å².